The molecule has 8 heteroatoms. The third-order valence-electron chi connectivity index (χ3n) is 4.14. The Bertz CT molecular complexity index is 1100. The molecule has 0 spiro atoms. The van der Waals surface area contributed by atoms with Crippen molar-refractivity contribution >= 4 is 17.5 Å². The standard InChI is InChI=1S/C21H18N6O2/c1-27(14-18-25-26-19(29-18)15-7-3-2-4-8-15)20(28)16-9-5-10-17(13-16)24-21-22-11-6-12-23-21/h2-13H,14H2,1H3,(H,22,23,24). The van der Waals surface area contributed by atoms with Crippen molar-refractivity contribution in [1.82, 2.24) is 25.1 Å². The first kappa shape index (κ1) is 18.3. The van der Waals surface area contributed by atoms with Gasteiger partial charge in [0.25, 0.3) is 5.91 Å². The summed E-state index contributed by atoms with van der Waals surface area (Å²) in [5.74, 6) is 1.09. The average Bonchev–Trinajstić information content (AvgIpc) is 3.23. The van der Waals surface area contributed by atoms with Gasteiger partial charge in [-0.05, 0) is 36.4 Å². The van der Waals surface area contributed by atoms with Crippen LogP contribution >= 0.6 is 0 Å². The van der Waals surface area contributed by atoms with Crippen LogP contribution in [0.4, 0.5) is 11.6 Å². The van der Waals surface area contributed by atoms with Crippen LogP contribution in [0.15, 0.2) is 77.5 Å². The molecule has 8 nitrogen and oxygen atoms in total. The zero-order valence-corrected chi connectivity index (χ0v) is 15.7. The van der Waals surface area contributed by atoms with E-state index in [1.165, 1.54) is 4.90 Å². The van der Waals surface area contributed by atoms with Gasteiger partial charge in [0.05, 0.1) is 6.54 Å². The van der Waals surface area contributed by atoms with Crippen LogP contribution in [0, 0.1) is 0 Å². The SMILES string of the molecule is CN(Cc1nnc(-c2ccccc2)o1)C(=O)c1cccc(Nc2ncccn2)c1. The molecule has 0 fully saturated rings. The maximum absolute atomic E-state index is 12.8. The fourth-order valence-corrected chi connectivity index (χ4v) is 2.73. The van der Waals surface area contributed by atoms with E-state index in [-0.39, 0.29) is 12.5 Å². The van der Waals surface area contributed by atoms with Crippen molar-refractivity contribution in [2.75, 3.05) is 12.4 Å². The van der Waals surface area contributed by atoms with Gasteiger partial charge in [-0.25, -0.2) is 9.97 Å². The first-order valence-corrected chi connectivity index (χ1v) is 8.96. The van der Waals surface area contributed by atoms with E-state index < -0.39 is 0 Å². The highest BCUT2D eigenvalue weighted by molar-refractivity contribution is 5.95. The lowest BCUT2D eigenvalue weighted by Gasteiger charge is -2.15. The number of carbonyl (C=O) groups is 1. The highest BCUT2D eigenvalue weighted by Crippen LogP contribution is 2.19. The molecule has 4 aromatic rings. The molecule has 0 unspecified atom stereocenters. The summed E-state index contributed by atoms with van der Waals surface area (Å²) >= 11 is 0. The predicted molar refractivity (Wildman–Crippen MR) is 107 cm³/mol. The summed E-state index contributed by atoms with van der Waals surface area (Å²) < 4.78 is 5.68. The molecule has 0 bridgehead atoms. The molecule has 2 heterocycles. The lowest BCUT2D eigenvalue weighted by molar-refractivity contribution is 0.0773. The van der Waals surface area contributed by atoms with E-state index in [0.717, 1.165) is 11.3 Å². The third kappa shape index (κ3) is 4.44. The van der Waals surface area contributed by atoms with Gasteiger partial charge < -0.3 is 14.6 Å². The summed E-state index contributed by atoms with van der Waals surface area (Å²) in [4.78, 5) is 22.6. The van der Waals surface area contributed by atoms with Crippen molar-refractivity contribution in [2.45, 2.75) is 6.54 Å². The Balaban J connectivity index is 1.44. The lowest BCUT2D eigenvalue weighted by atomic mass is 10.2. The quantitative estimate of drug-likeness (QED) is 0.541. The van der Waals surface area contributed by atoms with Crippen LogP contribution in [-0.4, -0.2) is 38.0 Å². The number of amides is 1. The monoisotopic (exact) mass is 386 g/mol. The molecule has 0 atom stereocenters. The van der Waals surface area contributed by atoms with E-state index in [0.29, 0.717) is 23.3 Å². The van der Waals surface area contributed by atoms with E-state index in [4.69, 9.17) is 4.42 Å². The van der Waals surface area contributed by atoms with Crippen LogP contribution in [0.5, 0.6) is 0 Å². The molecule has 0 saturated carbocycles. The Morgan fingerprint density at radius 3 is 2.59 bits per heavy atom. The predicted octanol–water partition coefficient (Wildman–Crippen LogP) is 3.54. The number of anilines is 2. The first-order valence-electron chi connectivity index (χ1n) is 8.96. The Hall–Kier alpha value is -4.07. The number of nitrogens with zero attached hydrogens (tertiary/aromatic N) is 5. The summed E-state index contributed by atoms with van der Waals surface area (Å²) in [6.45, 7) is 0.206. The number of hydrogen-bond donors (Lipinski definition) is 1. The van der Waals surface area contributed by atoms with Crippen molar-refractivity contribution < 1.29 is 9.21 Å². The zero-order chi connectivity index (χ0) is 20.1. The van der Waals surface area contributed by atoms with Crippen LogP contribution < -0.4 is 5.32 Å². The van der Waals surface area contributed by atoms with Crippen LogP contribution in [0.25, 0.3) is 11.5 Å². The minimum Gasteiger partial charge on any atom is -0.419 e. The summed E-state index contributed by atoms with van der Waals surface area (Å²) in [6.07, 6.45) is 3.29. The van der Waals surface area contributed by atoms with E-state index >= 15 is 0 Å². The zero-order valence-electron chi connectivity index (χ0n) is 15.7. The van der Waals surface area contributed by atoms with Gasteiger partial charge in [-0.2, -0.15) is 0 Å². The van der Waals surface area contributed by atoms with Gasteiger partial charge in [0.2, 0.25) is 17.7 Å². The Morgan fingerprint density at radius 1 is 1.00 bits per heavy atom. The van der Waals surface area contributed by atoms with Gasteiger partial charge in [-0.15, -0.1) is 10.2 Å². The summed E-state index contributed by atoms with van der Waals surface area (Å²) in [6, 6.07) is 18.4. The van der Waals surface area contributed by atoms with E-state index in [1.54, 1.807) is 43.7 Å². The van der Waals surface area contributed by atoms with Crippen molar-refractivity contribution in [2.24, 2.45) is 0 Å². The summed E-state index contributed by atoms with van der Waals surface area (Å²) in [5, 5.41) is 11.2. The second-order valence-electron chi connectivity index (χ2n) is 6.31. The molecule has 0 aliphatic carbocycles. The molecule has 144 valence electrons. The Kier molecular flexibility index (Phi) is 5.24. The minimum absolute atomic E-state index is 0.165. The number of benzene rings is 2. The van der Waals surface area contributed by atoms with Gasteiger partial charge in [-0.3, -0.25) is 4.79 Å². The Labute approximate surface area is 167 Å². The van der Waals surface area contributed by atoms with Gasteiger partial charge in [0, 0.05) is 36.3 Å². The fraction of sp³-hybridized carbons (Fsp3) is 0.0952. The van der Waals surface area contributed by atoms with E-state index in [9.17, 15) is 4.79 Å². The first-order chi connectivity index (χ1) is 14.2. The lowest BCUT2D eigenvalue weighted by Crippen LogP contribution is -2.26. The molecular weight excluding hydrogens is 368 g/mol. The third-order valence-corrected chi connectivity index (χ3v) is 4.14. The molecule has 29 heavy (non-hydrogen) atoms. The van der Waals surface area contributed by atoms with Crippen molar-refractivity contribution in [1.29, 1.82) is 0 Å². The molecule has 0 radical (unpaired) electrons. The molecule has 2 aromatic heterocycles. The van der Waals surface area contributed by atoms with E-state index in [2.05, 4.69) is 25.5 Å². The second-order valence-corrected chi connectivity index (χ2v) is 6.31. The average molecular weight is 386 g/mol. The smallest absolute Gasteiger partial charge is 0.254 e. The molecule has 1 N–H and O–H groups in total. The molecule has 0 aliphatic heterocycles. The molecular formula is C21H18N6O2. The normalized spacial score (nSPS) is 10.5. The van der Waals surface area contributed by atoms with E-state index in [1.807, 2.05) is 36.4 Å². The molecule has 4 rings (SSSR count). The van der Waals surface area contributed by atoms with Crippen molar-refractivity contribution in [3.05, 3.63) is 84.5 Å². The van der Waals surface area contributed by atoms with Crippen molar-refractivity contribution in [3.8, 4) is 11.5 Å². The van der Waals surface area contributed by atoms with Crippen LogP contribution in [0.1, 0.15) is 16.2 Å². The molecule has 2 aromatic carbocycles. The largest absolute Gasteiger partial charge is 0.419 e. The number of nitrogens with one attached hydrogen (secondary N) is 1. The molecule has 0 aliphatic rings. The minimum atomic E-state index is -0.165. The molecule has 0 saturated heterocycles. The maximum Gasteiger partial charge on any atom is 0.254 e. The fourth-order valence-electron chi connectivity index (χ4n) is 2.73. The summed E-state index contributed by atoms with van der Waals surface area (Å²) in [7, 11) is 1.69. The number of rotatable bonds is 6. The number of carbonyl (C=O) groups excluding carboxylic acids is 1. The van der Waals surface area contributed by atoms with Gasteiger partial charge >= 0.3 is 0 Å². The molecule has 1 amide bonds. The van der Waals surface area contributed by atoms with Crippen molar-refractivity contribution in [3.63, 3.8) is 0 Å². The van der Waals surface area contributed by atoms with Crippen LogP contribution in [-0.2, 0) is 6.54 Å². The van der Waals surface area contributed by atoms with Gasteiger partial charge in [-0.1, -0.05) is 24.3 Å². The highest BCUT2D eigenvalue weighted by Gasteiger charge is 2.16. The van der Waals surface area contributed by atoms with Crippen LogP contribution in [0.2, 0.25) is 0 Å². The maximum atomic E-state index is 12.8. The van der Waals surface area contributed by atoms with Crippen LogP contribution in [0.3, 0.4) is 0 Å². The summed E-state index contributed by atoms with van der Waals surface area (Å²) in [5.41, 5.74) is 2.08. The number of aromatic nitrogens is 4. The highest BCUT2D eigenvalue weighted by atomic mass is 16.4. The topological polar surface area (TPSA) is 97.0 Å². The van der Waals surface area contributed by atoms with Gasteiger partial charge in [0.1, 0.15) is 0 Å². The number of hydrogen-bond acceptors (Lipinski definition) is 7. The Morgan fingerprint density at radius 2 is 1.79 bits per heavy atom. The second kappa shape index (κ2) is 8.30. The van der Waals surface area contributed by atoms with Gasteiger partial charge in [0.15, 0.2) is 0 Å².